The Hall–Kier alpha value is -1.83. The van der Waals surface area contributed by atoms with E-state index in [1.807, 2.05) is 0 Å². The van der Waals surface area contributed by atoms with Crippen LogP contribution in [0.2, 0.25) is 0 Å². The van der Waals surface area contributed by atoms with Gasteiger partial charge in [-0.05, 0) is 53.0 Å². The van der Waals surface area contributed by atoms with Gasteiger partial charge in [-0.25, -0.2) is 9.59 Å². The van der Waals surface area contributed by atoms with Crippen LogP contribution in [0, 0.1) is 5.92 Å². The van der Waals surface area contributed by atoms with Gasteiger partial charge in [0, 0.05) is 13.1 Å². The monoisotopic (exact) mass is 343 g/mol. The summed E-state index contributed by atoms with van der Waals surface area (Å²) in [7, 11) is 0. The summed E-state index contributed by atoms with van der Waals surface area (Å²) in [5.41, 5.74) is 4.51. The first kappa shape index (κ1) is 20.2. The van der Waals surface area contributed by atoms with Crippen LogP contribution in [0.5, 0.6) is 0 Å². The summed E-state index contributed by atoms with van der Waals surface area (Å²) in [6.45, 7) is 7.55. The Kier molecular flexibility index (Phi) is 7.47. The summed E-state index contributed by atoms with van der Waals surface area (Å²) in [5, 5.41) is 12.0. The van der Waals surface area contributed by atoms with Gasteiger partial charge in [0.1, 0.15) is 11.6 Å². The number of carboxylic acids is 1. The number of likely N-dealkylation sites (tertiary alicyclic amines) is 1. The second kappa shape index (κ2) is 8.86. The maximum Gasteiger partial charge on any atom is 0.411 e. The zero-order chi connectivity index (χ0) is 18.3. The average Bonchev–Trinajstić information content (AvgIpc) is 2.97. The fourth-order valence-electron chi connectivity index (χ4n) is 2.66. The fraction of sp³-hybridized carbons (Fsp3) is 0.812. The van der Waals surface area contributed by atoms with E-state index in [-0.39, 0.29) is 11.8 Å². The Morgan fingerprint density at radius 3 is 2.29 bits per heavy atom. The van der Waals surface area contributed by atoms with Crippen molar-refractivity contribution in [1.29, 1.82) is 0 Å². The fourth-order valence-corrected chi connectivity index (χ4v) is 2.66. The molecule has 24 heavy (non-hydrogen) atoms. The number of aliphatic carboxylic acids is 1. The number of amides is 2. The average molecular weight is 343 g/mol. The SMILES string of the molecule is CC(C)(C)OC(=O)N1CCC[C@@H]1C(=O)O.NC(=O)C1CCCNC1. The number of ether oxygens (including phenoxy) is 1. The zero-order valence-electron chi connectivity index (χ0n) is 14.7. The van der Waals surface area contributed by atoms with Crippen molar-refractivity contribution in [2.45, 2.75) is 58.1 Å². The Morgan fingerprint density at radius 1 is 1.21 bits per heavy atom. The van der Waals surface area contributed by atoms with Crippen LogP contribution in [0.15, 0.2) is 0 Å². The second-order valence-electron chi connectivity index (χ2n) is 7.12. The van der Waals surface area contributed by atoms with Crippen molar-refractivity contribution in [3.05, 3.63) is 0 Å². The standard InChI is InChI=1S/C10H17NO4.C6H12N2O/c1-10(2,3)15-9(14)11-6-4-5-7(11)8(12)13;7-6(9)5-2-1-3-8-4-5/h7H,4-6H2,1-3H3,(H,12,13);5,8H,1-4H2,(H2,7,9)/t7-;/m1./s1. The first-order valence-corrected chi connectivity index (χ1v) is 8.34. The lowest BCUT2D eigenvalue weighted by atomic mass is 9.99. The molecule has 0 aromatic carbocycles. The lowest BCUT2D eigenvalue weighted by Gasteiger charge is -2.26. The van der Waals surface area contributed by atoms with Crippen LogP contribution < -0.4 is 11.1 Å². The molecule has 0 aliphatic carbocycles. The van der Waals surface area contributed by atoms with Crippen LogP contribution in [0.4, 0.5) is 4.79 Å². The second-order valence-corrected chi connectivity index (χ2v) is 7.12. The molecular weight excluding hydrogens is 314 g/mol. The smallest absolute Gasteiger partial charge is 0.411 e. The van der Waals surface area contributed by atoms with Gasteiger partial charge in [0.2, 0.25) is 5.91 Å². The van der Waals surface area contributed by atoms with Crippen molar-refractivity contribution in [2.24, 2.45) is 11.7 Å². The molecule has 0 saturated carbocycles. The largest absolute Gasteiger partial charge is 0.480 e. The molecule has 2 saturated heterocycles. The van der Waals surface area contributed by atoms with Gasteiger partial charge in [-0.3, -0.25) is 9.69 Å². The molecule has 1 unspecified atom stereocenters. The van der Waals surface area contributed by atoms with E-state index >= 15 is 0 Å². The van der Waals surface area contributed by atoms with Crippen LogP contribution >= 0.6 is 0 Å². The Balaban J connectivity index is 0.000000272. The number of hydrogen-bond acceptors (Lipinski definition) is 5. The molecule has 0 bridgehead atoms. The third kappa shape index (κ3) is 6.74. The van der Waals surface area contributed by atoms with Crippen molar-refractivity contribution < 1.29 is 24.2 Å². The van der Waals surface area contributed by atoms with E-state index in [1.165, 1.54) is 4.90 Å². The van der Waals surface area contributed by atoms with Crippen molar-refractivity contribution in [2.75, 3.05) is 19.6 Å². The summed E-state index contributed by atoms with van der Waals surface area (Å²) < 4.78 is 5.13. The minimum atomic E-state index is -0.960. The number of nitrogens with one attached hydrogen (secondary N) is 1. The number of rotatable bonds is 2. The molecule has 2 atom stereocenters. The van der Waals surface area contributed by atoms with Gasteiger partial charge < -0.3 is 20.9 Å². The van der Waals surface area contributed by atoms with E-state index in [1.54, 1.807) is 20.8 Å². The molecule has 2 aliphatic rings. The number of carbonyl (C=O) groups excluding carboxylic acids is 2. The molecule has 8 nitrogen and oxygen atoms in total. The van der Waals surface area contributed by atoms with E-state index < -0.39 is 23.7 Å². The molecule has 0 spiro atoms. The number of nitrogens with zero attached hydrogens (tertiary/aromatic N) is 1. The first-order valence-electron chi connectivity index (χ1n) is 8.34. The topological polar surface area (TPSA) is 122 Å². The van der Waals surface area contributed by atoms with Gasteiger partial charge in [-0.2, -0.15) is 0 Å². The molecule has 8 heteroatoms. The highest BCUT2D eigenvalue weighted by atomic mass is 16.6. The molecule has 0 aromatic rings. The number of hydrogen-bond donors (Lipinski definition) is 3. The van der Waals surface area contributed by atoms with Gasteiger partial charge in [-0.1, -0.05) is 0 Å². The molecule has 0 aromatic heterocycles. The van der Waals surface area contributed by atoms with Crippen LogP contribution in [0.1, 0.15) is 46.5 Å². The van der Waals surface area contributed by atoms with Gasteiger partial charge >= 0.3 is 12.1 Å². The highest BCUT2D eigenvalue weighted by molar-refractivity contribution is 5.80. The van der Waals surface area contributed by atoms with Gasteiger partial charge in [0.15, 0.2) is 0 Å². The Bertz CT molecular complexity index is 455. The number of primary amides is 1. The highest BCUT2D eigenvalue weighted by Crippen LogP contribution is 2.20. The van der Waals surface area contributed by atoms with Crippen LogP contribution in [0.3, 0.4) is 0 Å². The maximum atomic E-state index is 11.6. The van der Waals surface area contributed by atoms with E-state index in [4.69, 9.17) is 15.6 Å². The predicted octanol–water partition coefficient (Wildman–Crippen LogP) is 0.942. The molecule has 4 N–H and O–H groups in total. The third-order valence-corrected chi connectivity index (χ3v) is 3.87. The predicted molar refractivity (Wildman–Crippen MR) is 88.4 cm³/mol. The van der Waals surface area contributed by atoms with Gasteiger partial charge in [0.25, 0.3) is 0 Å². The molecule has 2 heterocycles. The maximum absolute atomic E-state index is 11.6. The van der Waals surface area contributed by atoms with E-state index in [0.717, 1.165) is 32.4 Å². The zero-order valence-corrected chi connectivity index (χ0v) is 14.7. The molecule has 2 fully saturated rings. The Morgan fingerprint density at radius 2 is 1.88 bits per heavy atom. The minimum absolute atomic E-state index is 0.0822. The molecule has 138 valence electrons. The van der Waals surface area contributed by atoms with Crippen LogP contribution in [-0.4, -0.2) is 59.3 Å². The quantitative estimate of drug-likeness (QED) is 0.686. The molecular formula is C16H29N3O5. The first-order chi connectivity index (χ1) is 11.1. The van der Waals surface area contributed by atoms with Gasteiger partial charge in [0.05, 0.1) is 5.92 Å². The summed E-state index contributed by atoms with van der Waals surface area (Å²) >= 11 is 0. The number of carboxylic acid groups (broad SMARTS) is 1. The summed E-state index contributed by atoms with van der Waals surface area (Å²) in [6, 6.07) is -0.722. The van der Waals surface area contributed by atoms with Crippen LogP contribution in [-0.2, 0) is 14.3 Å². The molecule has 2 aliphatic heterocycles. The molecule has 2 amide bonds. The van der Waals surface area contributed by atoms with E-state index in [9.17, 15) is 14.4 Å². The number of carbonyl (C=O) groups is 3. The van der Waals surface area contributed by atoms with E-state index in [0.29, 0.717) is 13.0 Å². The lowest BCUT2D eigenvalue weighted by molar-refractivity contribution is -0.142. The highest BCUT2D eigenvalue weighted by Gasteiger charge is 2.36. The normalized spacial score (nSPS) is 23.9. The number of piperidine rings is 1. The summed E-state index contributed by atoms with van der Waals surface area (Å²) in [6.07, 6.45) is 2.73. The summed E-state index contributed by atoms with van der Waals surface area (Å²) in [5.74, 6) is -1.04. The summed E-state index contributed by atoms with van der Waals surface area (Å²) in [4.78, 5) is 34.3. The van der Waals surface area contributed by atoms with Crippen molar-refractivity contribution in [3.8, 4) is 0 Å². The van der Waals surface area contributed by atoms with Crippen molar-refractivity contribution >= 4 is 18.0 Å². The number of nitrogens with two attached hydrogens (primary N) is 1. The van der Waals surface area contributed by atoms with Crippen LogP contribution in [0.25, 0.3) is 0 Å². The van der Waals surface area contributed by atoms with Gasteiger partial charge in [-0.15, -0.1) is 0 Å². The minimum Gasteiger partial charge on any atom is -0.480 e. The Labute approximate surface area is 142 Å². The van der Waals surface area contributed by atoms with Crippen molar-refractivity contribution in [1.82, 2.24) is 10.2 Å². The lowest BCUT2D eigenvalue weighted by Crippen LogP contribution is -2.43. The molecule has 2 rings (SSSR count). The van der Waals surface area contributed by atoms with Crippen molar-refractivity contribution in [3.63, 3.8) is 0 Å². The van der Waals surface area contributed by atoms with E-state index in [2.05, 4.69) is 5.32 Å². The third-order valence-electron chi connectivity index (χ3n) is 3.87. The molecule has 0 radical (unpaired) electrons.